The molecule has 6 heteroatoms. The standard InChI is InChI=1S/C12H10ClFN4/c13-7-4-8(14)6-9(5-7)18-12(16)11-10(15)2-1-3-17-11/h1-6H,15H2,(H2,16,18). The van der Waals surface area contributed by atoms with E-state index in [9.17, 15) is 4.39 Å². The first-order chi connectivity index (χ1) is 8.56. The number of aliphatic imine (C=N–C) groups is 1. The number of hydrogen-bond acceptors (Lipinski definition) is 3. The Morgan fingerprint density at radius 1 is 1.33 bits per heavy atom. The molecule has 0 aliphatic rings. The molecule has 0 spiro atoms. The minimum atomic E-state index is -0.483. The van der Waals surface area contributed by atoms with E-state index in [-0.39, 0.29) is 10.9 Å². The molecular weight excluding hydrogens is 255 g/mol. The summed E-state index contributed by atoms with van der Waals surface area (Å²) in [7, 11) is 0. The third kappa shape index (κ3) is 2.75. The summed E-state index contributed by atoms with van der Waals surface area (Å²) >= 11 is 5.72. The van der Waals surface area contributed by atoms with Crippen molar-refractivity contribution in [1.29, 1.82) is 0 Å². The lowest BCUT2D eigenvalue weighted by Crippen LogP contribution is -2.16. The van der Waals surface area contributed by atoms with Crippen molar-refractivity contribution in [1.82, 2.24) is 4.98 Å². The zero-order valence-corrected chi connectivity index (χ0v) is 10.0. The van der Waals surface area contributed by atoms with E-state index in [2.05, 4.69) is 9.98 Å². The number of hydrogen-bond donors (Lipinski definition) is 2. The summed E-state index contributed by atoms with van der Waals surface area (Å²) < 4.78 is 13.1. The van der Waals surface area contributed by atoms with Crippen LogP contribution in [0.4, 0.5) is 15.8 Å². The van der Waals surface area contributed by atoms with Crippen molar-refractivity contribution in [2.75, 3.05) is 5.73 Å². The highest BCUT2D eigenvalue weighted by molar-refractivity contribution is 6.30. The van der Waals surface area contributed by atoms with Gasteiger partial charge in [0.05, 0.1) is 11.4 Å². The number of rotatable bonds is 2. The maximum atomic E-state index is 13.1. The smallest absolute Gasteiger partial charge is 0.152 e. The number of halogens is 2. The van der Waals surface area contributed by atoms with Crippen LogP contribution in [0.3, 0.4) is 0 Å². The van der Waals surface area contributed by atoms with Gasteiger partial charge in [-0.1, -0.05) is 11.6 Å². The summed E-state index contributed by atoms with van der Waals surface area (Å²) in [4.78, 5) is 8.05. The zero-order chi connectivity index (χ0) is 13.1. The van der Waals surface area contributed by atoms with Crippen molar-refractivity contribution < 1.29 is 4.39 Å². The molecule has 1 aromatic heterocycles. The number of nitrogen functional groups attached to an aromatic ring is 1. The van der Waals surface area contributed by atoms with Crippen molar-refractivity contribution in [2.45, 2.75) is 0 Å². The van der Waals surface area contributed by atoms with E-state index in [1.54, 1.807) is 18.3 Å². The fourth-order valence-corrected chi connectivity index (χ4v) is 1.64. The molecule has 0 fully saturated rings. The van der Waals surface area contributed by atoms with E-state index in [0.29, 0.717) is 17.1 Å². The van der Waals surface area contributed by atoms with Gasteiger partial charge in [-0.3, -0.25) is 4.98 Å². The lowest BCUT2D eigenvalue weighted by molar-refractivity contribution is 0.628. The van der Waals surface area contributed by atoms with Crippen molar-refractivity contribution in [3.8, 4) is 0 Å². The average Bonchev–Trinajstić information content (AvgIpc) is 2.27. The molecule has 0 saturated heterocycles. The van der Waals surface area contributed by atoms with E-state index in [4.69, 9.17) is 23.1 Å². The summed E-state index contributed by atoms with van der Waals surface area (Å²) in [6.45, 7) is 0. The van der Waals surface area contributed by atoms with Gasteiger partial charge in [-0.05, 0) is 30.3 Å². The Hall–Kier alpha value is -2.14. The van der Waals surface area contributed by atoms with Crippen LogP contribution < -0.4 is 11.5 Å². The minimum Gasteiger partial charge on any atom is -0.397 e. The van der Waals surface area contributed by atoms with E-state index >= 15 is 0 Å². The van der Waals surface area contributed by atoms with Crippen LogP contribution in [0.25, 0.3) is 0 Å². The molecule has 0 atom stereocenters. The molecule has 0 saturated carbocycles. The van der Waals surface area contributed by atoms with Gasteiger partial charge in [-0.2, -0.15) is 0 Å². The van der Waals surface area contributed by atoms with Crippen LogP contribution in [0.5, 0.6) is 0 Å². The van der Waals surface area contributed by atoms with Gasteiger partial charge in [-0.15, -0.1) is 0 Å². The molecule has 0 radical (unpaired) electrons. The van der Waals surface area contributed by atoms with Crippen LogP contribution in [-0.2, 0) is 0 Å². The van der Waals surface area contributed by atoms with Gasteiger partial charge >= 0.3 is 0 Å². The maximum Gasteiger partial charge on any atom is 0.152 e. The van der Waals surface area contributed by atoms with Crippen molar-refractivity contribution in [3.05, 3.63) is 53.1 Å². The molecule has 92 valence electrons. The second-order valence-corrected chi connectivity index (χ2v) is 4.00. The normalized spacial score (nSPS) is 11.6. The largest absolute Gasteiger partial charge is 0.397 e. The number of anilines is 1. The molecule has 0 aliphatic heterocycles. The Bertz CT molecular complexity index is 593. The third-order valence-electron chi connectivity index (χ3n) is 2.18. The van der Waals surface area contributed by atoms with E-state index in [1.165, 1.54) is 18.2 Å². The molecule has 4 nitrogen and oxygen atoms in total. The van der Waals surface area contributed by atoms with Crippen molar-refractivity contribution >= 4 is 28.8 Å². The van der Waals surface area contributed by atoms with E-state index in [0.717, 1.165) is 0 Å². The average molecular weight is 265 g/mol. The van der Waals surface area contributed by atoms with Crippen molar-refractivity contribution in [2.24, 2.45) is 10.7 Å². The van der Waals surface area contributed by atoms with Crippen LogP contribution in [0.15, 0.2) is 41.5 Å². The van der Waals surface area contributed by atoms with E-state index in [1.807, 2.05) is 0 Å². The lowest BCUT2D eigenvalue weighted by atomic mass is 10.2. The number of aromatic nitrogens is 1. The molecule has 0 bridgehead atoms. The van der Waals surface area contributed by atoms with Gasteiger partial charge in [0.1, 0.15) is 11.5 Å². The highest BCUT2D eigenvalue weighted by Crippen LogP contribution is 2.21. The molecule has 1 aromatic carbocycles. The van der Waals surface area contributed by atoms with Gasteiger partial charge in [0, 0.05) is 11.2 Å². The first kappa shape index (κ1) is 12.3. The number of nitrogens with zero attached hydrogens (tertiary/aromatic N) is 2. The van der Waals surface area contributed by atoms with E-state index < -0.39 is 5.82 Å². The Labute approximate surface area is 108 Å². The van der Waals surface area contributed by atoms with Crippen LogP contribution in [0.2, 0.25) is 5.02 Å². The first-order valence-electron chi connectivity index (χ1n) is 5.07. The minimum absolute atomic E-state index is 0.106. The predicted molar refractivity (Wildman–Crippen MR) is 70.4 cm³/mol. The van der Waals surface area contributed by atoms with Gasteiger partial charge in [0.25, 0.3) is 0 Å². The summed E-state index contributed by atoms with van der Waals surface area (Å²) in [6, 6.07) is 7.24. The number of benzene rings is 1. The van der Waals surface area contributed by atoms with Crippen LogP contribution in [0.1, 0.15) is 5.69 Å². The monoisotopic (exact) mass is 264 g/mol. The van der Waals surface area contributed by atoms with Crippen LogP contribution >= 0.6 is 11.6 Å². The molecule has 2 aromatic rings. The fraction of sp³-hybridized carbons (Fsp3) is 0. The molecular formula is C12H10ClFN4. The third-order valence-corrected chi connectivity index (χ3v) is 2.40. The quantitative estimate of drug-likeness (QED) is 0.646. The second kappa shape index (κ2) is 5.01. The Kier molecular flexibility index (Phi) is 3.43. The molecule has 4 N–H and O–H groups in total. The van der Waals surface area contributed by atoms with Gasteiger partial charge in [0.2, 0.25) is 0 Å². The molecule has 18 heavy (non-hydrogen) atoms. The Morgan fingerprint density at radius 3 is 2.78 bits per heavy atom. The van der Waals surface area contributed by atoms with Crippen LogP contribution in [-0.4, -0.2) is 10.8 Å². The maximum absolute atomic E-state index is 13.1. The summed E-state index contributed by atoms with van der Waals surface area (Å²) in [5, 5.41) is 0.246. The molecule has 0 unspecified atom stereocenters. The lowest BCUT2D eigenvalue weighted by Gasteiger charge is -2.03. The van der Waals surface area contributed by atoms with Gasteiger partial charge < -0.3 is 11.5 Å². The molecule has 1 heterocycles. The first-order valence-corrected chi connectivity index (χ1v) is 5.45. The highest BCUT2D eigenvalue weighted by atomic mass is 35.5. The summed E-state index contributed by atoms with van der Waals surface area (Å²) in [5.41, 5.74) is 12.6. The Morgan fingerprint density at radius 2 is 2.11 bits per heavy atom. The second-order valence-electron chi connectivity index (χ2n) is 3.57. The number of amidine groups is 1. The van der Waals surface area contributed by atoms with Gasteiger partial charge in [-0.25, -0.2) is 9.38 Å². The zero-order valence-electron chi connectivity index (χ0n) is 9.27. The van der Waals surface area contributed by atoms with Crippen molar-refractivity contribution in [3.63, 3.8) is 0 Å². The number of nitrogens with two attached hydrogens (primary N) is 2. The number of pyridine rings is 1. The van der Waals surface area contributed by atoms with Gasteiger partial charge in [0.15, 0.2) is 5.84 Å². The fourth-order valence-electron chi connectivity index (χ4n) is 1.43. The predicted octanol–water partition coefficient (Wildman–Crippen LogP) is 2.49. The topological polar surface area (TPSA) is 77.3 Å². The highest BCUT2D eigenvalue weighted by Gasteiger charge is 2.05. The Balaban J connectivity index is 2.42. The SMILES string of the molecule is NC(=Nc1cc(F)cc(Cl)c1)c1ncccc1N. The van der Waals surface area contributed by atoms with Crippen LogP contribution in [0, 0.1) is 5.82 Å². The molecule has 0 aliphatic carbocycles. The molecule has 2 rings (SSSR count). The summed E-state index contributed by atoms with van der Waals surface area (Å²) in [6.07, 6.45) is 1.55. The summed E-state index contributed by atoms with van der Waals surface area (Å²) in [5.74, 6) is -0.377. The molecule has 0 amide bonds.